The quantitative estimate of drug-likeness (QED) is 0.470. The molecule has 0 bridgehead atoms. The number of carbonyl (C=O) groups excluding carboxylic acids is 1. The van der Waals surface area contributed by atoms with Gasteiger partial charge in [0.15, 0.2) is 0 Å². The number of rotatable bonds is 10. The van der Waals surface area contributed by atoms with Crippen molar-refractivity contribution in [2.75, 3.05) is 7.11 Å². The van der Waals surface area contributed by atoms with E-state index in [-0.39, 0.29) is 22.8 Å². The summed E-state index contributed by atoms with van der Waals surface area (Å²) in [6.07, 6.45) is 3.42. The van der Waals surface area contributed by atoms with E-state index in [0.717, 1.165) is 11.3 Å². The summed E-state index contributed by atoms with van der Waals surface area (Å²) in [5, 5.41) is 7.02. The Morgan fingerprint density at radius 1 is 1.06 bits per heavy atom. The number of benzene rings is 2. The number of nitrogens with one attached hydrogen (secondary N) is 2. The van der Waals surface area contributed by atoms with Gasteiger partial charge in [-0.3, -0.25) is 4.79 Å². The van der Waals surface area contributed by atoms with E-state index in [1.165, 1.54) is 25.6 Å². The van der Waals surface area contributed by atoms with E-state index in [2.05, 4.69) is 20.1 Å². The fourth-order valence-corrected chi connectivity index (χ4v) is 4.55. The van der Waals surface area contributed by atoms with Crippen LogP contribution in [-0.2, 0) is 14.8 Å². The van der Waals surface area contributed by atoms with E-state index in [4.69, 9.17) is 4.74 Å². The Bertz CT molecular complexity index is 1140. The van der Waals surface area contributed by atoms with Crippen LogP contribution in [0.1, 0.15) is 38.8 Å². The van der Waals surface area contributed by atoms with Crippen LogP contribution in [0.3, 0.4) is 0 Å². The molecule has 0 aliphatic heterocycles. The molecule has 0 saturated carbocycles. The molecular formula is C23H29N5O4S. The summed E-state index contributed by atoms with van der Waals surface area (Å²) in [6, 6.07) is 12.3. The Hall–Kier alpha value is -3.24. The first-order chi connectivity index (χ1) is 15.7. The van der Waals surface area contributed by atoms with Crippen molar-refractivity contribution in [2.45, 2.75) is 44.2 Å². The van der Waals surface area contributed by atoms with Crippen molar-refractivity contribution >= 4 is 15.9 Å². The maximum absolute atomic E-state index is 13.0. The maximum Gasteiger partial charge on any atom is 0.241 e. The molecule has 0 fully saturated rings. The highest BCUT2D eigenvalue weighted by Crippen LogP contribution is 2.19. The Morgan fingerprint density at radius 2 is 1.73 bits per heavy atom. The van der Waals surface area contributed by atoms with Gasteiger partial charge >= 0.3 is 0 Å². The van der Waals surface area contributed by atoms with Crippen molar-refractivity contribution in [2.24, 2.45) is 5.92 Å². The van der Waals surface area contributed by atoms with E-state index in [0.29, 0.717) is 12.2 Å². The molecule has 1 heterocycles. The van der Waals surface area contributed by atoms with Gasteiger partial charge in [0, 0.05) is 0 Å². The summed E-state index contributed by atoms with van der Waals surface area (Å²) in [5.74, 6) is 0.277. The molecule has 1 aromatic heterocycles. The number of aromatic nitrogens is 3. The molecule has 0 aliphatic rings. The smallest absolute Gasteiger partial charge is 0.241 e. The Morgan fingerprint density at radius 3 is 2.27 bits per heavy atom. The number of ether oxygens (including phenoxy) is 1. The summed E-state index contributed by atoms with van der Waals surface area (Å²) >= 11 is 0. The average Bonchev–Trinajstić information content (AvgIpc) is 3.33. The lowest BCUT2D eigenvalue weighted by Crippen LogP contribution is -2.47. The van der Waals surface area contributed by atoms with Crippen LogP contribution in [0, 0.1) is 5.92 Å². The molecule has 3 aromatic rings. The van der Waals surface area contributed by atoms with E-state index in [9.17, 15) is 13.2 Å². The zero-order chi connectivity index (χ0) is 24.0. The number of methoxy groups -OCH3 is 1. The molecule has 33 heavy (non-hydrogen) atoms. The van der Waals surface area contributed by atoms with Gasteiger partial charge in [0.1, 0.15) is 24.4 Å². The third-order valence-electron chi connectivity index (χ3n) is 5.13. The van der Waals surface area contributed by atoms with Gasteiger partial charge in [0.05, 0.1) is 23.7 Å². The lowest BCUT2D eigenvalue weighted by Gasteiger charge is -2.23. The van der Waals surface area contributed by atoms with Crippen molar-refractivity contribution in [3.05, 3.63) is 66.7 Å². The van der Waals surface area contributed by atoms with E-state index >= 15 is 0 Å². The van der Waals surface area contributed by atoms with E-state index in [1.54, 1.807) is 23.1 Å². The van der Waals surface area contributed by atoms with Crippen molar-refractivity contribution < 1.29 is 17.9 Å². The fourth-order valence-electron chi connectivity index (χ4n) is 3.34. The largest absolute Gasteiger partial charge is 0.497 e. The van der Waals surface area contributed by atoms with Crippen molar-refractivity contribution in [3.8, 4) is 11.4 Å². The highest BCUT2D eigenvalue weighted by molar-refractivity contribution is 7.89. The summed E-state index contributed by atoms with van der Waals surface area (Å²) < 4.78 is 35.1. The number of hydrogen-bond donors (Lipinski definition) is 2. The Balaban J connectivity index is 1.71. The molecule has 2 atom stereocenters. The van der Waals surface area contributed by atoms with Crippen LogP contribution in [0.15, 0.2) is 66.1 Å². The van der Waals surface area contributed by atoms with Gasteiger partial charge in [-0.05, 0) is 61.2 Å². The van der Waals surface area contributed by atoms with Crippen molar-refractivity contribution in [1.82, 2.24) is 24.8 Å². The van der Waals surface area contributed by atoms with Gasteiger partial charge in [-0.2, -0.15) is 9.82 Å². The minimum atomic E-state index is -3.89. The third-order valence-corrected chi connectivity index (χ3v) is 6.61. The summed E-state index contributed by atoms with van der Waals surface area (Å²) in [7, 11) is -2.38. The second-order valence-electron chi connectivity index (χ2n) is 8.14. The lowest BCUT2D eigenvalue weighted by atomic mass is 10.0. The minimum absolute atomic E-state index is 0.0709. The first-order valence-electron chi connectivity index (χ1n) is 10.6. The topological polar surface area (TPSA) is 115 Å². The Labute approximate surface area is 194 Å². The van der Waals surface area contributed by atoms with E-state index < -0.39 is 16.1 Å². The molecular weight excluding hydrogens is 442 g/mol. The third kappa shape index (κ3) is 6.39. The second kappa shape index (κ2) is 10.6. The minimum Gasteiger partial charge on any atom is -0.497 e. The number of hydrogen-bond acceptors (Lipinski definition) is 6. The average molecular weight is 472 g/mol. The van der Waals surface area contributed by atoms with Crippen LogP contribution in [0.4, 0.5) is 0 Å². The predicted molar refractivity (Wildman–Crippen MR) is 124 cm³/mol. The van der Waals surface area contributed by atoms with Gasteiger partial charge in [-0.1, -0.05) is 26.0 Å². The normalized spacial score (nSPS) is 13.5. The molecule has 1 amide bonds. The first kappa shape index (κ1) is 24.4. The van der Waals surface area contributed by atoms with E-state index in [1.807, 2.05) is 45.0 Å². The highest BCUT2D eigenvalue weighted by Gasteiger charge is 2.27. The first-order valence-corrected chi connectivity index (χ1v) is 12.1. The van der Waals surface area contributed by atoms with Crippen LogP contribution in [0.25, 0.3) is 5.69 Å². The maximum atomic E-state index is 13.0. The van der Waals surface area contributed by atoms with Gasteiger partial charge in [-0.15, -0.1) is 0 Å². The summed E-state index contributed by atoms with van der Waals surface area (Å²) in [5.41, 5.74) is 1.73. The van der Waals surface area contributed by atoms with Crippen LogP contribution >= 0.6 is 0 Å². The van der Waals surface area contributed by atoms with Gasteiger partial charge < -0.3 is 10.1 Å². The van der Waals surface area contributed by atoms with Gasteiger partial charge in [0.25, 0.3) is 0 Å². The SMILES string of the molecule is COc1ccc(S(=O)(=O)NC(CC(C)C)C(=O)NC(C)c2ccc(-n3cncn3)cc2)cc1. The van der Waals surface area contributed by atoms with Crippen LogP contribution in [0.5, 0.6) is 5.75 Å². The van der Waals surface area contributed by atoms with Crippen LogP contribution in [0.2, 0.25) is 0 Å². The molecule has 176 valence electrons. The highest BCUT2D eigenvalue weighted by atomic mass is 32.2. The molecule has 0 aliphatic carbocycles. The molecule has 2 aromatic carbocycles. The van der Waals surface area contributed by atoms with Crippen molar-refractivity contribution in [1.29, 1.82) is 0 Å². The zero-order valence-electron chi connectivity index (χ0n) is 19.1. The molecule has 10 heteroatoms. The van der Waals surface area contributed by atoms with Crippen LogP contribution < -0.4 is 14.8 Å². The predicted octanol–water partition coefficient (Wildman–Crippen LogP) is 2.85. The molecule has 2 unspecified atom stereocenters. The summed E-state index contributed by atoms with van der Waals surface area (Å²) in [4.78, 5) is 17.0. The van der Waals surface area contributed by atoms with Crippen LogP contribution in [-0.4, -0.2) is 42.2 Å². The molecule has 0 radical (unpaired) electrons. The van der Waals surface area contributed by atoms with Gasteiger partial charge in [0.2, 0.25) is 15.9 Å². The van der Waals surface area contributed by atoms with Gasteiger partial charge in [-0.25, -0.2) is 18.1 Å². The standard InChI is InChI=1S/C23H29N5O4S/c1-16(2)13-22(27-33(30,31)21-11-9-20(32-4)10-12-21)23(29)26-17(3)18-5-7-19(8-6-18)28-15-24-14-25-28/h5-12,14-17,22,27H,13H2,1-4H3,(H,26,29). The summed E-state index contributed by atoms with van der Waals surface area (Å²) in [6.45, 7) is 5.73. The lowest BCUT2D eigenvalue weighted by molar-refractivity contribution is -0.123. The number of amides is 1. The molecule has 0 spiro atoms. The zero-order valence-corrected chi connectivity index (χ0v) is 19.9. The molecule has 0 saturated heterocycles. The molecule has 9 nitrogen and oxygen atoms in total. The number of carbonyl (C=O) groups is 1. The molecule has 2 N–H and O–H groups in total. The van der Waals surface area contributed by atoms with Crippen molar-refractivity contribution in [3.63, 3.8) is 0 Å². The molecule has 3 rings (SSSR count). The Kier molecular flexibility index (Phi) is 7.83. The second-order valence-corrected chi connectivity index (χ2v) is 9.85. The number of nitrogens with zero attached hydrogens (tertiary/aromatic N) is 3. The monoisotopic (exact) mass is 471 g/mol. The fraction of sp³-hybridized carbons (Fsp3) is 0.348. The number of sulfonamides is 1.